The Bertz CT molecular complexity index is 1280. The van der Waals surface area contributed by atoms with Crippen molar-refractivity contribution in [3.63, 3.8) is 0 Å². The average Bonchev–Trinajstić information content (AvgIpc) is 3.38. The van der Waals surface area contributed by atoms with Crippen LogP contribution in [0.5, 0.6) is 0 Å². The zero-order valence-electron chi connectivity index (χ0n) is 20.7. The van der Waals surface area contributed by atoms with Crippen molar-refractivity contribution in [3.05, 3.63) is 60.1 Å². The number of rotatable bonds is 12. The largest absolute Gasteiger partial charge is 0.480 e. The van der Waals surface area contributed by atoms with Gasteiger partial charge in [0.25, 0.3) is 11.8 Å². The number of nitrogens with two attached hydrogens (primary N) is 2. The third-order valence-corrected chi connectivity index (χ3v) is 5.96. The number of nitrogens with zero attached hydrogens (tertiary/aromatic N) is 3. The third kappa shape index (κ3) is 7.03. The molecule has 0 aliphatic heterocycles. The van der Waals surface area contributed by atoms with Gasteiger partial charge in [0.2, 0.25) is 5.89 Å². The molecular weight excluding hydrogens is 478 g/mol. The lowest BCUT2D eigenvalue weighted by Gasteiger charge is -2.21. The maximum absolute atomic E-state index is 13.2. The standard InChI is InChI=1S/C25H31N7O5/c1-3-14(2)19(32-22(34)20-16-8-5-4-7-15(16)10-12-28-20)23-31-18(13-37-23)21(33)30-17(24(35)36)9-6-11-29-25(26)27/h4-5,7-8,10,12-14,17,19H,3,6,9,11H2,1-2H3,(H,30,33)(H,32,34)(H,35,36)(H4,26,27,29)/t14?,17-,19?/m0/s1. The zero-order valence-corrected chi connectivity index (χ0v) is 20.7. The Morgan fingerprint density at radius 2 is 1.89 bits per heavy atom. The number of benzene rings is 1. The van der Waals surface area contributed by atoms with E-state index >= 15 is 0 Å². The number of carbonyl (C=O) groups excluding carboxylic acids is 2. The van der Waals surface area contributed by atoms with Gasteiger partial charge in [-0.25, -0.2) is 9.78 Å². The number of amides is 2. The normalized spacial score (nSPS) is 13.4. The van der Waals surface area contributed by atoms with Crippen LogP contribution in [0.4, 0.5) is 0 Å². The highest BCUT2D eigenvalue weighted by molar-refractivity contribution is 6.05. The van der Waals surface area contributed by atoms with Crippen LogP contribution < -0.4 is 22.1 Å². The van der Waals surface area contributed by atoms with Gasteiger partial charge < -0.3 is 31.6 Å². The van der Waals surface area contributed by atoms with Crippen molar-refractivity contribution in [1.29, 1.82) is 0 Å². The summed E-state index contributed by atoms with van der Waals surface area (Å²) in [5.74, 6) is -2.37. The molecule has 2 unspecified atom stereocenters. The predicted octanol–water partition coefficient (Wildman–Crippen LogP) is 1.98. The van der Waals surface area contributed by atoms with Crippen LogP contribution in [0.2, 0.25) is 0 Å². The molecule has 0 saturated heterocycles. The highest BCUT2D eigenvalue weighted by Gasteiger charge is 2.29. The van der Waals surface area contributed by atoms with Gasteiger partial charge in [-0.05, 0) is 30.2 Å². The van der Waals surface area contributed by atoms with Crippen molar-refractivity contribution in [3.8, 4) is 0 Å². The van der Waals surface area contributed by atoms with Crippen molar-refractivity contribution in [2.75, 3.05) is 6.54 Å². The van der Waals surface area contributed by atoms with Crippen LogP contribution in [-0.4, -0.2) is 51.4 Å². The first-order valence-electron chi connectivity index (χ1n) is 11.9. The summed E-state index contributed by atoms with van der Waals surface area (Å²) in [4.78, 5) is 49.8. The number of nitrogens with one attached hydrogen (secondary N) is 2. The molecule has 12 heteroatoms. The van der Waals surface area contributed by atoms with Gasteiger partial charge in [0, 0.05) is 18.1 Å². The van der Waals surface area contributed by atoms with Crippen LogP contribution in [0, 0.1) is 5.92 Å². The van der Waals surface area contributed by atoms with Gasteiger partial charge in [-0.2, -0.15) is 0 Å². The lowest BCUT2D eigenvalue weighted by atomic mass is 9.98. The molecule has 0 spiro atoms. The van der Waals surface area contributed by atoms with Crippen LogP contribution in [0.1, 0.15) is 66.0 Å². The Morgan fingerprint density at radius 3 is 2.59 bits per heavy atom. The molecule has 0 saturated carbocycles. The second-order valence-electron chi connectivity index (χ2n) is 8.60. The summed E-state index contributed by atoms with van der Waals surface area (Å²) in [7, 11) is 0. The van der Waals surface area contributed by atoms with E-state index < -0.39 is 29.9 Å². The van der Waals surface area contributed by atoms with Crippen LogP contribution in [0.25, 0.3) is 10.8 Å². The summed E-state index contributed by atoms with van der Waals surface area (Å²) in [6.07, 6.45) is 3.87. The molecule has 196 valence electrons. The Balaban J connectivity index is 1.75. The van der Waals surface area contributed by atoms with Crippen LogP contribution in [-0.2, 0) is 4.79 Å². The van der Waals surface area contributed by atoms with E-state index in [1.54, 1.807) is 6.20 Å². The molecule has 2 amide bonds. The van der Waals surface area contributed by atoms with Gasteiger partial charge in [0.1, 0.15) is 24.0 Å². The Morgan fingerprint density at radius 1 is 1.14 bits per heavy atom. The third-order valence-electron chi connectivity index (χ3n) is 5.96. The number of oxazole rings is 1. The van der Waals surface area contributed by atoms with Gasteiger partial charge in [0.15, 0.2) is 11.7 Å². The molecule has 0 radical (unpaired) electrons. The summed E-state index contributed by atoms with van der Waals surface area (Å²) in [5.41, 5.74) is 10.7. The first kappa shape index (κ1) is 27.1. The van der Waals surface area contributed by atoms with Crippen molar-refractivity contribution < 1.29 is 23.9 Å². The second-order valence-corrected chi connectivity index (χ2v) is 8.60. The highest BCUT2D eigenvalue weighted by atomic mass is 16.4. The van der Waals surface area contributed by atoms with E-state index in [-0.39, 0.29) is 42.1 Å². The van der Waals surface area contributed by atoms with E-state index in [1.807, 2.05) is 44.2 Å². The van der Waals surface area contributed by atoms with Crippen molar-refractivity contribution in [1.82, 2.24) is 20.6 Å². The van der Waals surface area contributed by atoms with E-state index in [0.717, 1.165) is 11.6 Å². The maximum Gasteiger partial charge on any atom is 0.326 e. The molecule has 12 nitrogen and oxygen atoms in total. The Labute approximate surface area is 213 Å². The number of hydrogen-bond donors (Lipinski definition) is 5. The number of guanidine groups is 1. The first-order chi connectivity index (χ1) is 17.7. The van der Waals surface area contributed by atoms with Crippen LogP contribution >= 0.6 is 0 Å². The molecule has 0 aliphatic carbocycles. The quantitative estimate of drug-likeness (QED) is 0.138. The molecule has 0 aliphatic rings. The maximum atomic E-state index is 13.2. The Hall–Kier alpha value is -4.48. The monoisotopic (exact) mass is 509 g/mol. The zero-order chi connectivity index (χ0) is 26.9. The summed E-state index contributed by atoms with van der Waals surface area (Å²) in [5, 5.41) is 16.4. The number of carboxylic acids is 1. The molecule has 3 atom stereocenters. The summed E-state index contributed by atoms with van der Waals surface area (Å²) >= 11 is 0. The fraction of sp³-hybridized carbons (Fsp3) is 0.360. The van der Waals surface area contributed by atoms with Gasteiger partial charge >= 0.3 is 5.97 Å². The van der Waals surface area contributed by atoms with Gasteiger partial charge in [-0.3, -0.25) is 19.6 Å². The first-order valence-corrected chi connectivity index (χ1v) is 11.9. The molecular formula is C25H31N7O5. The van der Waals surface area contributed by atoms with Crippen molar-refractivity contribution in [2.45, 2.75) is 45.2 Å². The minimum atomic E-state index is -1.20. The molecule has 0 fully saturated rings. The number of hydrogen-bond acceptors (Lipinski definition) is 7. The highest BCUT2D eigenvalue weighted by Crippen LogP contribution is 2.25. The summed E-state index contributed by atoms with van der Waals surface area (Å²) in [6, 6.07) is 7.44. The van der Waals surface area contributed by atoms with Crippen molar-refractivity contribution >= 4 is 34.5 Å². The fourth-order valence-corrected chi connectivity index (χ4v) is 3.72. The molecule has 2 aromatic heterocycles. The van der Waals surface area contributed by atoms with E-state index in [1.165, 1.54) is 0 Å². The number of aliphatic imine (C=N–C) groups is 1. The Kier molecular flexibility index (Phi) is 9.14. The van der Waals surface area contributed by atoms with Gasteiger partial charge in [0.05, 0.1) is 0 Å². The van der Waals surface area contributed by atoms with E-state index in [2.05, 4.69) is 25.6 Å². The molecule has 3 aromatic rings. The molecule has 2 heterocycles. The van der Waals surface area contributed by atoms with Crippen LogP contribution in [0.3, 0.4) is 0 Å². The predicted molar refractivity (Wildman–Crippen MR) is 137 cm³/mol. The topological polar surface area (TPSA) is 199 Å². The van der Waals surface area contributed by atoms with Gasteiger partial charge in [-0.15, -0.1) is 0 Å². The van der Waals surface area contributed by atoms with Crippen LogP contribution in [0.15, 0.2) is 52.2 Å². The summed E-state index contributed by atoms with van der Waals surface area (Å²) < 4.78 is 5.56. The fourth-order valence-electron chi connectivity index (χ4n) is 3.72. The minimum Gasteiger partial charge on any atom is -0.480 e. The number of aromatic nitrogens is 2. The smallest absolute Gasteiger partial charge is 0.326 e. The number of fused-ring (bicyclic) bond motifs is 1. The van der Waals surface area contributed by atoms with Gasteiger partial charge in [-0.1, -0.05) is 44.5 Å². The van der Waals surface area contributed by atoms with E-state index in [9.17, 15) is 19.5 Å². The minimum absolute atomic E-state index is 0.0872. The molecule has 0 bridgehead atoms. The molecule has 1 aromatic carbocycles. The van der Waals surface area contributed by atoms with Crippen molar-refractivity contribution in [2.24, 2.45) is 22.4 Å². The molecule has 37 heavy (non-hydrogen) atoms. The molecule has 3 rings (SSSR count). The summed E-state index contributed by atoms with van der Waals surface area (Å²) in [6.45, 7) is 4.11. The number of aliphatic carboxylic acids is 1. The van der Waals surface area contributed by atoms with E-state index in [4.69, 9.17) is 15.9 Å². The number of carbonyl (C=O) groups is 3. The molecule has 7 N–H and O–H groups in total. The average molecular weight is 510 g/mol. The SMILES string of the molecule is CCC(C)C(NC(=O)c1nccc2ccccc12)c1nc(C(=O)N[C@@H](CCCN=C(N)N)C(=O)O)co1. The number of pyridine rings is 1. The van der Waals surface area contributed by atoms with E-state index in [0.29, 0.717) is 18.2 Å². The number of carboxylic acid groups (broad SMARTS) is 1. The lowest BCUT2D eigenvalue weighted by Crippen LogP contribution is -2.41. The lowest BCUT2D eigenvalue weighted by molar-refractivity contribution is -0.139. The second kappa shape index (κ2) is 12.5.